The molecule has 1 aliphatic heterocycles. The molecule has 3 aromatic rings. The molecule has 3 heterocycles. The number of imidazole rings is 1. The standard InChI is InChI=1S/C17H18N6/c1-23-8-6-11(7-9-23)14-10-19-16(18)15(20-14)17-21-12-4-2-3-5-13(12)22-17/h2-6,10H,7-9H2,1H3,(H2,18,19)(H,21,22). The largest absolute Gasteiger partial charge is 0.382 e. The van der Waals surface area contributed by atoms with Gasteiger partial charge in [-0.25, -0.2) is 15.0 Å². The summed E-state index contributed by atoms with van der Waals surface area (Å²) >= 11 is 0. The predicted octanol–water partition coefficient (Wildman–Crippen LogP) is 2.32. The van der Waals surface area contributed by atoms with Crippen molar-refractivity contribution < 1.29 is 0 Å². The molecule has 0 spiro atoms. The van der Waals surface area contributed by atoms with Gasteiger partial charge in [0.1, 0.15) is 5.69 Å². The molecule has 0 atom stereocenters. The number of nitrogen functional groups attached to an aromatic ring is 1. The number of anilines is 1. The number of aromatic nitrogens is 4. The van der Waals surface area contributed by atoms with E-state index in [1.807, 2.05) is 24.3 Å². The van der Waals surface area contributed by atoms with Crippen molar-refractivity contribution in [3.63, 3.8) is 0 Å². The van der Waals surface area contributed by atoms with Crippen LogP contribution in [-0.2, 0) is 0 Å². The Morgan fingerprint density at radius 1 is 1.22 bits per heavy atom. The Labute approximate surface area is 134 Å². The highest BCUT2D eigenvalue weighted by Crippen LogP contribution is 2.26. The number of benzene rings is 1. The average Bonchev–Trinajstić information content (AvgIpc) is 3.00. The number of nitrogens with one attached hydrogen (secondary N) is 1. The Morgan fingerprint density at radius 3 is 2.87 bits per heavy atom. The van der Waals surface area contributed by atoms with Gasteiger partial charge in [0, 0.05) is 13.1 Å². The molecule has 3 N–H and O–H groups in total. The number of nitrogens with two attached hydrogens (primary N) is 1. The zero-order chi connectivity index (χ0) is 15.8. The second kappa shape index (κ2) is 5.48. The number of H-pyrrole nitrogens is 1. The van der Waals surface area contributed by atoms with E-state index in [-0.39, 0.29) is 0 Å². The van der Waals surface area contributed by atoms with E-state index in [0.29, 0.717) is 17.3 Å². The van der Waals surface area contributed by atoms with Crippen LogP contribution in [0.5, 0.6) is 0 Å². The minimum atomic E-state index is 0.390. The number of likely N-dealkylation sites (N-methyl/N-ethyl adjacent to an activating group) is 1. The minimum Gasteiger partial charge on any atom is -0.382 e. The highest BCUT2D eigenvalue weighted by atomic mass is 15.1. The highest BCUT2D eigenvalue weighted by molar-refractivity contribution is 5.80. The van der Waals surface area contributed by atoms with Crippen LogP contribution >= 0.6 is 0 Å². The molecule has 0 radical (unpaired) electrons. The van der Waals surface area contributed by atoms with Crippen LogP contribution in [-0.4, -0.2) is 45.0 Å². The van der Waals surface area contributed by atoms with Crippen molar-refractivity contribution in [2.45, 2.75) is 6.42 Å². The maximum absolute atomic E-state index is 6.03. The summed E-state index contributed by atoms with van der Waals surface area (Å²) in [5.74, 6) is 1.05. The molecule has 0 fully saturated rings. The smallest absolute Gasteiger partial charge is 0.161 e. The van der Waals surface area contributed by atoms with E-state index >= 15 is 0 Å². The highest BCUT2D eigenvalue weighted by Gasteiger charge is 2.16. The van der Waals surface area contributed by atoms with Crippen molar-refractivity contribution >= 4 is 22.4 Å². The lowest BCUT2D eigenvalue weighted by molar-refractivity contribution is 0.369. The Bertz CT molecular complexity index is 862. The fourth-order valence-electron chi connectivity index (χ4n) is 2.80. The monoisotopic (exact) mass is 306 g/mol. The third kappa shape index (κ3) is 2.57. The third-order valence-corrected chi connectivity index (χ3v) is 4.16. The third-order valence-electron chi connectivity index (χ3n) is 4.16. The van der Waals surface area contributed by atoms with Crippen LogP contribution in [0.4, 0.5) is 5.82 Å². The number of fused-ring (bicyclic) bond motifs is 1. The molecule has 0 amide bonds. The van der Waals surface area contributed by atoms with E-state index in [4.69, 9.17) is 10.7 Å². The van der Waals surface area contributed by atoms with E-state index < -0.39 is 0 Å². The maximum Gasteiger partial charge on any atom is 0.161 e. The Kier molecular flexibility index (Phi) is 3.31. The van der Waals surface area contributed by atoms with Gasteiger partial charge >= 0.3 is 0 Å². The lowest BCUT2D eigenvalue weighted by atomic mass is 10.1. The van der Waals surface area contributed by atoms with Crippen LogP contribution in [0.1, 0.15) is 12.1 Å². The van der Waals surface area contributed by atoms with Crippen molar-refractivity contribution in [1.82, 2.24) is 24.8 Å². The summed E-state index contributed by atoms with van der Waals surface area (Å²) < 4.78 is 0. The Hall–Kier alpha value is -2.73. The number of para-hydroxylation sites is 2. The van der Waals surface area contributed by atoms with E-state index in [9.17, 15) is 0 Å². The quantitative estimate of drug-likeness (QED) is 0.759. The molecule has 0 bridgehead atoms. The summed E-state index contributed by atoms with van der Waals surface area (Å²) in [6, 6.07) is 7.88. The van der Waals surface area contributed by atoms with Gasteiger partial charge in [-0.05, 0) is 31.2 Å². The number of nitrogens with zero attached hydrogens (tertiary/aromatic N) is 4. The summed E-state index contributed by atoms with van der Waals surface area (Å²) in [5, 5.41) is 0. The topological polar surface area (TPSA) is 83.7 Å². The molecular formula is C17H18N6. The fourth-order valence-corrected chi connectivity index (χ4v) is 2.80. The van der Waals surface area contributed by atoms with Crippen molar-refractivity contribution in [3.8, 4) is 11.5 Å². The summed E-state index contributed by atoms with van der Waals surface area (Å²) in [6.07, 6.45) is 4.92. The van der Waals surface area contributed by atoms with Crippen LogP contribution in [0.3, 0.4) is 0 Å². The summed E-state index contributed by atoms with van der Waals surface area (Å²) in [7, 11) is 2.11. The van der Waals surface area contributed by atoms with Crippen molar-refractivity contribution in [1.29, 1.82) is 0 Å². The molecule has 1 aliphatic rings. The minimum absolute atomic E-state index is 0.390. The van der Waals surface area contributed by atoms with Crippen LogP contribution in [0, 0.1) is 0 Å². The van der Waals surface area contributed by atoms with Crippen molar-refractivity contribution in [2.75, 3.05) is 25.9 Å². The van der Waals surface area contributed by atoms with Gasteiger partial charge in [0.15, 0.2) is 11.6 Å². The molecular weight excluding hydrogens is 288 g/mol. The fraction of sp³-hybridized carbons (Fsp3) is 0.235. The van der Waals surface area contributed by atoms with Crippen molar-refractivity contribution in [3.05, 3.63) is 42.2 Å². The maximum atomic E-state index is 6.03. The van der Waals surface area contributed by atoms with E-state index in [1.54, 1.807) is 6.20 Å². The van der Waals surface area contributed by atoms with Gasteiger partial charge in [-0.15, -0.1) is 0 Å². The number of aromatic amines is 1. The molecule has 1 aromatic carbocycles. The molecule has 0 unspecified atom stereocenters. The molecule has 4 rings (SSSR count). The van der Waals surface area contributed by atoms with E-state index in [1.165, 1.54) is 5.57 Å². The first-order valence-electron chi connectivity index (χ1n) is 7.66. The van der Waals surface area contributed by atoms with Gasteiger partial charge < -0.3 is 15.6 Å². The summed E-state index contributed by atoms with van der Waals surface area (Å²) in [4.78, 5) is 19.2. The van der Waals surface area contributed by atoms with Gasteiger partial charge in [-0.3, -0.25) is 0 Å². The first-order valence-corrected chi connectivity index (χ1v) is 7.66. The number of rotatable bonds is 2. The predicted molar refractivity (Wildman–Crippen MR) is 91.6 cm³/mol. The summed E-state index contributed by atoms with van der Waals surface area (Å²) in [5.41, 5.74) is 10.6. The first-order chi connectivity index (χ1) is 11.2. The Balaban J connectivity index is 1.77. The van der Waals surface area contributed by atoms with Gasteiger partial charge in [-0.1, -0.05) is 18.2 Å². The van der Waals surface area contributed by atoms with Crippen molar-refractivity contribution in [2.24, 2.45) is 0 Å². The molecule has 116 valence electrons. The number of hydrogen-bond donors (Lipinski definition) is 2. The zero-order valence-electron chi connectivity index (χ0n) is 13.0. The average molecular weight is 306 g/mol. The normalized spacial score (nSPS) is 15.8. The lowest BCUT2D eigenvalue weighted by Gasteiger charge is -2.21. The zero-order valence-corrected chi connectivity index (χ0v) is 13.0. The molecule has 0 aliphatic carbocycles. The molecule has 6 nitrogen and oxygen atoms in total. The second-order valence-electron chi connectivity index (χ2n) is 5.83. The second-order valence-corrected chi connectivity index (χ2v) is 5.83. The van der Waals surface area contributed by atoms with E-state index in [2.05, 4.69) is 33.0 Å². The van der Waals surface area contributed by atoms with Crippen LogP contribution in [0.2, 0.25) is 0 Å². The molecule has 0 saturated heterocycles. The van der Waals surface area contributed by atoms with Crippen LogP contribution in [0.15, 0.2) is 36.5 Å². The van der Waals surface area contributed by atoms with Gasteiger partial charge in [0.05, 0.1) is 22.9 Å². The Morgan fingerprint density at radius 2 is 2.09 bits per heavy atom. The van der Waals surface area contributed by atoms with Gasteiger partial charge in [0.25, 0.3) is 0 Å². The van der Waals surface area contributed by atoms with Crippen LogP contribution in [0.25, 0.3) is 28.1 Å². The first kappa shape index (κ1) is 13.9. The SMILES string of the molecule is CN1CC=C(c2cnc(N)c(-c3nc4ccccc4[nH]3)n2)CC1. The summed E-state index contributed by atoms with van der Waals surface area (Å²) in [6.45, 7) is 1.96. The number of hydrogen-bond acceptors (Lipinski definition) is 5. The molecule has 23 heavy (non-hydrogen) atoms. The van der Waals surface area contributed by atoms with E-state index in [0.717, 1.165) is 36.2 Å². The molecule has 0 saturated carbocycles. The van der Waals surface area contributed by atoms with Gasteiger partial charge in [0.2, 0.25) is 0 Å². The van der Waals surface area contributed by atoms with Gasteiger partial charge in [-0.2, -0.15) is 0 Å². The molecule has 2 aromatic heterocycles. The lowest BCUT2D eigenvalue weighted by Crippen LogP contribution is -2.24. The molecule has 6 heteroatoms. The van der Waals surface area contributed by atoms with Crippen LogP contribution < -0.4 is 5.73 Å².